The van der Waals surface area contributed by atoms with Crippen LogP contribution in [0.3, 0.4) is 0 Å². The van der Waals surface area contributed by atoms with Crippen LogP contribution in [0.15, 0.2) is 134 Å². The zero-order chi connectivity index (χ0) is 55.6. The lowest BCUT2D eigenvalue weighted by molar-refractivity contribution is -0.870. The minimum Gasteiger partial charge on any atom is -0.756 e. The van der Waals surface area contributed by atoms with Crippen LogP contribution in [0.4, 0.5) is 0 Å². The van der Waals surface area contributed by atoms with E-state index in [1.807, 2.05) is 27.2 Å². The predicted octanol–water partition coefficient (Wildman–Crippen LogP) is 18.5. The Morgan fingerprint density at radius 2 is 0.816 bits per heavy atom. The first-order chi connectivity index (χ1) is 37.0. The quantitative estimate of drug-likeness (QED) is 0.0272. The highest BCUT2D eigenvalue weighted by atomic mass is 31.2. The smallest absolute Gasteiger partial charge is 0.268 e. The van der Waals surface area contributed by atoms with Crippen LogP contribution in [0.25, 0.3) is 0 Å². The predicted molar refractivity (Wildman–Crippen MR) is 329 cm³/mol. The summed E-state index contributed by atoms with van der Waals surface area (Å²) in [5, 5.41) is 13.9. The second-order valence-electron chi connectivity index (χ2n) is 21.3. The molecule has 0 aliphatic heterocycles. The maximum Gasteiger partial charge on any atom is 0.268 e. The molecule has 2 N–H and O–H groups in total. The number of aliphatic hydroxyl groups is 1. The molecular formula is C67H115N2O6P. The number of allylic oxidation sites excluding steroid dienone is 21. The van der Waals surface area contributed by atoms with E-state index in [1.54, 1.807) is 6.08 Å². The lowest BCUT2D eigenvalue weighted by Gasteiger charge is -2.29. The highest BCUT2D eigenvalue weighted by Crippen LogP contribution is 2.38. The number of nitrogens with zero attached hydrogens (tertiary/aromatic N) is 1. The van der Waals surface area contributed by atoms with Crippen molar-refractivity contribution in [2.24, 2.45) is 0 Å². The van der Waals surface area contributed by atoms with E-state index < -0.39 is 26.6 Å². The summed E-state index contributed by atoms with van der Waals surface area (Å²) in [6.07, 6.45) is 85.3. The Bertz CT molecular complexity index is 1700. The number of carbonyl (C=O) groups is 1. The van der Waals surface area contributed by atoms with Crippen LogP contribution < -0.4 is 10.2 Å². The van der Waals surface area contributed by atoms with Gasteiger partial charge in [-0.1, -0.05) is 250 Å². The van der Waals surface area contributed by atoms with E-state index in [1.165, 1.54) is 103 Å². The van der Waals surface area contributed by atoms with Crippen molar-refractivity contribution in [3.63, 3.8) is 0 Å². The normalized spacial score (nSPS) is 14.8. The van der Waals surface area contributed by atoms with Gasteiger partial charge in [-0.3, -0.25) is 9.36 Å². The molecule has 0 heterocycles. The Morgan fingerprint density at radius 3 is 1.22 bits per heavy atom. The molecule has 3 unspecified atom stereocenters. The highest BCUT2D eigenvalue weighted by molar-refractivity contribution is 7.45. The van der Waals surface area contributed by atoms with Crippen molar-refractivity contribution in [3.8, 4) is 0 Å². The number of amides is 1. The standard InChI is InChI=1S/C67H115N2O6P/c1-6-8-10-12-14-16-18-20-22-24-26-28-29-30-31-32-33-34-35-36-37-38-39-41-43-45-47-49-51-53-55-57-59-61-67(71)68-65(64-75-76(72,73)74-63-62-69(3,4)5)66(70)60-58-56-54-52-50-48-46-44-42-40-27-25-23-21-19-17-15-13-11-9-7-2/h8,10,14,16,20,22,26,28,30-31,33-34,36-37,39,41-42,44,50,52,58,60,65-66,70H,6-7,9,11-13,15,17-19,21,23-25,27,29,32,35,38,40,43,45-49,51,53-57,59,61-64H2,1-5H3,(H-,68,71,72,73)/b10-8-,16-14-,22-20-,28-26-,31-30-,34-33-,37-36-,41-39-,44-42+,52-50+,60-58+. The number of nitrogens with one attached hydrogen (secondary N) is 1. The zero-order valence-corrected chi connectivity index (χ0v) is 50.3. The molecule has 0 aromatic heterocycles. The number of hydrogen-bond donors (Lipinski definition) is 2. The van der Waals surface area contributed by atoms with Crippen molar-refractivity contribution in [3.05, 3.63) is 134 Å². The van der Waals surface area contributed by atoms with Crippen molar-refractivity contribution in [1.29, 1.82) is 0 Å². The number of rotatable bonds is 54. The summed E-state index contributed by atoms with van der Waals surface area (Å²) in [7, 11) is 1.21. The van der Waals surface area contributed by atoms with Crippen LogP contribution in [0.5, 0.6) is 0 Å². The van der Waals surface area contributed by atoms with Crippen LogP contribution >= 0.6 is 7.82 Å². The van der Waals surface area contributed by atoms with Gasteiger partial charge in [0.05, 0.1) is 39.9 Å². The Kier molecular flexibility index (Phi) is 53.9. The van der Waals surface area contributed by atoms with Crippen LogP contribution in [0.2, 0.25) is 0 Å². The van der Waals surface area contributed by atoms with Gasteiger partial charge < -0.3 is 28.8 Å². The van der Waals surface area contributed by atoms with E-state index in [0.29, 0.717) is 17.4 Å². The van der Waals surface area contributed by atoms with Crippen molar-refractivity contribution in [2.45, 2.75) is 244 Å². The van der Waals surface area contributed by atoms with Crippen molar-refractivity contribution >= 4 is 13.7 Å². The first-order valence-electron chi connectivity index (χ1n) is 30.5. The number of phosphoric ester groups is 1. The van der Waals surface area contributed by atoms with Gasteiger partial charge in [0.25, 0.3) is 7.82 Å². The van der Waals surface area contributed by atoms with Gasteiger partial charge in [-0.25, -0.2) is 0 Å². The second kappa shape index (κ2) is 56.4. The number of carbonyl (C=O) groups excluding carboxylic acids is 1. The van der Waals surface area contributed by atoms with Crippen molar-refractivity contribution in [1.82, 2.24) is 5.32 Å². The number of hydrogen-bond acceptors (Lipinski definition) is 6. The Hall–Kier alpha value is -3.36. The van der Waals surface area contributed by atoms with E-state index in [0.717, 1.165) is 109 Å². The topological polar surface area (TPSA) is 108 Å². The van der Waals surface area contributed by atoms with E-state index in [-0.39, 0.29) is 12.5 Å². The SMILES string of the molecule is CC/C=C\C/C=C\C/C=C\C/C=C\C/C=C\C/C=C\C/C=C\C/C=C\CCCCCCCCCCC(=O)NC(COP(=O)([O-])OCC[N+](C)(C)C)C(O)/C=C/CC/C=C/CC/C=C/CCCCCCCCCCCCC. The molecule has 434 valence electrons. The molecule has 3 atom stereocenters. The van der Waals surface area contributed by atoms with Crippen LogP contribution in [-0.2, 0) is 18.4 Å². The molecule has 0 fully saturated rings. The maximum atomic E-state index is 13.0. The summed E-state index contributed by atoms with van der Waals surface area (Å²) in [5.41, 5.74) is 0. The van der Waals surface area contributed by atoms with E-state index in [9.17, 15) is 19.4 Å². The fourth-order valence-corrected chi connectivity index (χ4v) is 8.81. The molecule has 0 aromatic rings. The second-order valence-corrected chi connectivity index (χ2v) is 22.7. The van der Waals surface area contributed by atoms with Gasteiger partial charge in [0, 0.05) is 6.42 Å². The molecular weight excluding hydrogens is 960 g/mol. The highest BCUT2D eigenvalue weighted by Gasteiger charge is 2.23. The summed E-state index contributed by atoms with van der Waals surface area (Å²) in [4.78, 5) is 25.5. The molecule has 0 aliphatic rings. The molecule has 0 saturated heterocycles. The molecule has 76 heavy (non-hydrogen) atoms. The number of likely N-dealkylation sites (N-methyl/N-ethyl adjacent to an activating group) is 1. The molecule has 0 rings (SSSR count). The van der Waals surface area contributed by atoms with Gasteiger partial charge in [0.2, 0.25) is 5.91 Å². The average Bonchev–Trinajstić information content (AvgIpc) is 3.38. The van der Waals surface area contributed by atoms with Gasteiger partial charge in [-0.15, -0.1) is 0 Å². The molecule has 9 heteroatoms. The van der Waals surface area contributed by atoms with Gasteiger partial charge in [0.1, 0.15) is 13.2 Å². The molecule has 0 bridgehead atoms. The van der Waals surface area contributed by atoms with Gasteiger partial charge >= 0.3 is 0 Å². The molecule has 0 radical (unpaired) electrons. The fourth-order valence-electron chi connectivity index (χ4n) is 8.08. The molecule has 0 aliphatic carbocycles. The molecule has 0 aromatic carbocycles. The molecule has 0 spiro atoms. The Balaban J connectivity index is 4.29. The Morgan fingerprint density at radius 1 is 0.474 bits per heavy atom. The van der Waals surface area contributed by atoms with Crippen LogP contribution in [0, 0.1) is 0 Å². The third-order valence-corrected chi connectivity index (χ3v) is 13.8. The first kappa shape index (κ1) is 72.6. The third-order valence-electron chi connectivity index (χ3n) is 12.8. The zero-order valence-electron chi connectivity index (χ0n) is 49.4. The number of aliphatic hydroxyl groups excluding tert-OH is 1. The summed E-state index contributed by atoms with van der Waals surface area (Å²) in [6, 6.07) is -0.925. The molecule has 8 nitrogen and oxygen atoms in total. The van der Waals surface area contributed by atoms with Gasteiger partial charge in [0.15, 0.2) is 0 Å². The van der Waals surface area contributed by atoms with Gasteiger partial charge in [-0.05, 0) is 109 Å². The largest absolute Gasteiger partial charge is 0.756 e. The monoisotopic (exact) mass is 1070 g/mol. The summed E-state index contributed by atoms with van der Waals surface area (Å²) in [6.45, 7) is 4.49. The minimum atomic E-state index is -4.62. The van der Waals surface area contributed by atoms with Crippen molar-refractivity contribution < 1.29 is 32.9 Å². The van der Waals surface area contributed by atoms with E-state index >= 15 is 0 Å². The summed E-state index contributed by atoms with van der Waals surface area (Å²) in [5.74, 6) is -0.225. The fraction of sp³-hybridized carbons (Fsp3) is 0.657. The third kappa shape index (κ3) is 58.3. The Labute approximate surface area is 468 Å². The molecule has 1 amide bonds. The van der Waals surface area contributed by atoms with Crippen LogP contribution in [0.1, 0.15) is 232 Å². The van der Waals surface area contributed by atoms with E-state index in [2.05, 4.69) is 141 Å². The minimum absolute atomic E-state index is 0.0178. The van der Waals surface area contributed by atoms with Crippen molar-refractivity contribution in [2.75, 3.05) is 40.9 Å². The number of phosphoric acid groups is 1. The summed E-state index contributed by atoms with van der Waals surface area (Å²) < 4.78 is 23.3. The average molecular weight is 1080 g/mol. The number of unbranched alkanes of at least 4 members (excludes halogenated alkanes) is 21. The summed E-state index contributed by atoms with van der Waals surface area (Å²) >= 11 is 0. The van der Waals surface area contributed by atoms with Crippen LogP contribution in [-0.4, -0.2) is 68.5 Å². The molecule has 0 saturated carbocycles. The number of quaternary nitrogens is 1. The lowest BCUT2D eigenvalue weighted by Crippen LogP contribution is -2.45. The van der Waals surface area contributed by atoms with Gasteiger partial charge in [-0.2, -0.15) is 0 Å². The maximum absolute atomic E-state index is 13.0. The lowest BCUT2D eigenvalue weighted by atomic mass is 10.1. The first-order valence-corrected chi connectivity index (χ1v) is 32.0. The van der Waals surface area contributed by atoms with E-state index in [4.69, 9.17) is 9.05 Å².